The van der Waals surface area contributed by atoms with Crippen LogP contribution in [-0.4, -0.2) is 40.4 Å². The van der Waals surface area contributed by atoms with Crippen molar-refractivity contribution in [1.82, 2.24) is 0 Å². The normalized spacial score (nSPS) is 10.5. The van der Waals surface area contributed by atoms with Crippen LogP contribution >= 0.6 is 0 Å². The number of ether oxygens (including phenoxy) is 6. The maximum atomic E-state index is 13.3. The van der Waals surface area contributed by atoms with Crippen molar-refractivity contribution in [1.29, 1.82) is 0 Å². The first-order valence-electron chi connectivity index (χ1n) is 9.61. The van der Waals surface area contributed by atoms with Crippen LogP contribution in [0.15, 0.2) is 33.5 Å². The first kappa shape index (κ1) is 23.5. The van der Waals surface area contributed by atoms with Crippen LogP contribution in [0, 0.1) is 0 Å². The minimum atomic E-state index is -0.688. The molecule has 0 N–H and O–H groups in total. The monoisotopic (exact) mass is 458 g/mol. The molecule has 0 fully saturated rings. The van der Waals surface area contributed by atoms with Crippen molar-refractivity contribution in [2.24, 2.45) is 0 Å². The summed E-state index contributed by atoms with van der Waals surface area (Å²) in [5.74, 6) is -0.970. The average Bonchev–Trinajstić information content (AvgIpc) is 2.77. The third kappa shape index (κ3) is 4.27. The molecule has 0 aliphatic carbocycles. The quantitative estimate of drug-likeness (QED) is 0.385. The van der Waals surface area contributed by atoms with E-state index in [9.17, 15) is 14.4 Å². The van der Waals surface area contributed by atoms with Gasteiger partial charge in [0.05, 0.1) is 28.4 Å². The molecular weight excluding hydrogens is 436 g/mol. The van der Waals surface area contributed by atoms with Gasteiger partial charge in [-0.15, -0.1) is 0 Å². The Kier molecular flexibility index (Phi) is 6.76. The summed E-state index contributed by atoms with van der Waals surface area (Å²) in [6.07, 6.45) is 0. The molecule has 3 aromatic rings. The fourth-order valence-corrected chi connectivity index (χ4v) is 3.38. The molecule has 0 spiro atoms. The minimum Gasteiger partial charge on any atom is -0.496 e. The Morgan fingerprint density at radius 1 is 0.758 bits per heavy atom. The molecule has 0 radical (unpaired) electrons. The van der Waals surface area contributed by atoms with Crippen molar-refractivity contribution in [3.8, 4) is 45.8 Å². The lowest BCUT2D eigenvalue weighted by atomic mass is 10.1. The number of esters is 2. The Hall–Kier alpha value is -4.21. The molecule has 0 amide bonds. The molecular formula is C23H22O10. The van der Waals surface area contributed by atoms with Crippen LogP contribution in [-0.2, 0) is 9.59 Å². The summed E-state index contributed by atoms with van der Waals surface area (Å²) in [6, 6.07) is 5.92. The maximum Gasteiger partial charge on any atom is 0.308 e. The van der Waals surface area contributed by atoms with E-state index in [-0.39, 0.29) is 56.8 Å². The van der Waals surface area contributed by atoms with Gasteiger partial charge in [0.2, 0.25) is 17.2 Å². The largest absolute Gasteiger partial charge is 0.496 e. The van der Waals surface area contributed by atoms with Crippen molar-refractivity contribution >= 4 is 22.9 Å². The van der Waals surface area contributed by atoms with E-state index < -0.39 is 17.4 Å². The number of benzene rings is 2. The third-order valence-electron chi connectivity index (χ3n) is 4.57. The summed E-state index contributed by atoms with van der Waals surface area (Å²) in [4.78, 5) is 36.7. The lowest BCUT2D eigenvalue weighted by Gasteiger charge is -2.18. The van der Waals surface area contributed by atoms with Gasteiger partial charge >= 0.3 is 11.9 Å². The Balaban J connectivity index is 2.49. The van der Waals surface area contributed by atoms with Gasteiger partial charge in [-0.25, -0.2) is 0 Å². The number of hydrogen-bond donors (Lipinski definition) is 0. The molecule has 0 aliphatic heterocycles. The van der Waals surface area contributed by atoms with E-state index in [1.54, 1.807) is 12.1 Å². The Bertz CT molecular complexity index is 1290. The van der Waals surface area contributed by atoms with Crippen LogP contribution in [0.2, 0.25) is 0 Å². The summed E-state index contributed by atoms with van der Waals surface area (Å²) in [7, 11) is 5.45. The molecule has 10 nitrogen and oxygen atoms in total. The topological polar surface area (TPSA) is 120 Å². The minimum absolute atomic E-state index is 0.0143. The van der Waals surface area contributed by atoms with E-state index >= 15 is 0 Å². The smallest absolute Gasteiger partial charge is 0.308 e. The van der Waals surface area contributed by atoms with Gasteiger partial charge in [-0.1, -0.05) is 6.07 Å². The number of carbonyl (C=O) groups excluding carboxylic acids is 2. The average molecular weight is 458 g/mol. The lowest BCUT2D eigenvalue weighted by molar-refractivity contribution is -0.132. The van der Waals surface area contributed by atoms with Crippen LogP contribution in [0.5, 0.6) is 34.5 Å². The van der Waals surface area contributed by atoms with E-state index in [1.807, 2.05) is 0 Å². The Labute approximate surface area is 188 Å². The second-order valence-electron chi connectivity index (χ2n) is 6.63. The molecule has 0 bridgehead atoms. The summed E-state index contributed by atoms with van der Waals surface area (Å²) in [5.41, 5.74) is -0.435. The van der Waals surface area contributed by atoms with Gasteiger partial charge in [-0.2, -0.15) is 0 Å². The molecule has 0 atom stereocenters. The first-order chi connectivity index (χ1) is 15.8. The van der Waals surface area contributed by atoms with Crippen molar-refractivity contribution in [3.05, 3.63) is 34.5 Å². The molecule has 0 saturated carbocycles. The summed E-state index contributed by atoms with van der Waals surface area (Å²) in [6.45, 7) is 2.42. The van der Waals surface area contributed by atoms with Crippen LogP contribution in [0.3, 0.4) is 0 Å². The van der Waals surface area contributed by atoms with Crippen LogP contribution in [0.4, 0.5) is 0 Å². The highest BCUT2D eigenvalue weighted by molar-refractivity contribution is 5.97. The Morgan fingerprint density at radius 3 is 1.88 bits per heavy atom. The maximum absolute atomic E-state index is 13.3. The second-order valence-corrected chi connectivity index (χ2v) is 6.63. The number of hydrogen-bond acceptors (Lipinski definition) is 10. The number of rotatable bonds is 7. The highest BCUT2D eigenvalue weighted by Crippen LogP contribution is 2.51. The molecule has 0 saturated heterocycles. The first-order valence-corrected chi connectivity index (χ1v) is 9.61. The Morgan fingerprint density at radius 2 is 1.33 bits per heavy atom. The molecule has 0 unspecified atom stereocenters. The fraction of sp³-hybridized carbons (Fsp3) is 0.261. The van der Waals surface area contributed by atoms with Gasteiger partial charge < -0.3 is 32.8 Å². The molecule has 10 heteroatoms. The highest BCUT2D eigenvalue weighted by Gasteiger charge is 2.29. The van der Waals surface area contributed by atoms with E-state index in [1.165, 1.54) is 48.4 Å². The lowest BCUT2D eigenvalue weighted by Crippen LogP contribution is -2.11. The zero-order chi connectivity index (χ0) is 24.3. The van der Waals surface area contributed by atoms with Crippen LogP contribution < -0.4 is 33.8 Å². The van der Waals surface area contributed by atoms with E-state index in [2.05, 4.69) is 0 Å². The molecule has 0 aliphatic rings. The van der Waals surface area contributed by atoms with Crippen LogP contribution in [0.1, 0.15) is 13.8 Å². The zero-order valence-corrected chi connectivity index (χ0v) is 18.9. The van der Waals surface area contributed by atoms with Crippen molar-refractivity contribution in [2.75, 3.05) is 28.4 Å². The zero-order valence-electron chi connectivity index (χ0n) is 18.9. The summed E-state index contributed by atoms with van der Waals surface area (Å²) >= 11 is 0. The highest BCUT2D eigenvalue weighted by atomic mass is 16.6. The predicted molar refractivity (Wildman–Crippen MR) is 117 cm³/mol. The van der Waals surface area contributed by atoms with Gasteiger partial charge in [0.15, 0.2) is 16.8 Å². The van der Waals surface area contributed by atoms with Crippen molar-refractivity contribution in [2.45, 2.75) is 13.8 Å². The van der Waals surface area contributed by atoms with E-state index in [4.69, 9.17) is 32.8 Å². The number of fused-ring (bicyclic) bond motifs is 1. The number of carbonyl (C=O) groups is 2. The third-order valence-corrected chi connectivity index (χ3v) is 4.57. The van der Waals surface area contributed by atoms with Crippen molar-refractivity contribution in [3.63, 3.8) is 0 Å². The fourth-order valence-electron chi connectivity index (χ4n) is 3.38. The number of methoxy groups -OCH3 is 4. The molecule has 174 valence electrons. The van der Waals surface area contributed by atoms with Gasteiger partial charge in [0, 0.05) is 19.9 Å². The van der Waals surface area contributed by atoms with Gasteiger partial charge in [-0.05, 0) is 12.1 Å². The van der Waals surface area contributed by atoms with E-state index in [0.29, 0.717) is 0 Å². The molecule has 1 heterocycles. The van der Waals surface area contributed by atoms with Crippen LogP contribution in [0.25, 0.3) is 22.3 Å². The summed E-state index contributed by atoms with van der Waals surface area (Å²) in [5, 5.41) is -0.104. The van der Waals surface area contributed by atoms with Gasteiger partial charge in [-0.3, -0.25) is 14.4 Å². The molecule has 1 aromatic heterocycles. The molecule has 33 heavy (non-hydrogen) atoms. The molecule has 2 aromatic carbocycles. The van der Waals surface area contributed by atoms with Crippen molar-refractivity contribution < 1.29 is 42.4 Å². The standard InChI is InChI=1S/C23H22O10/c1-11(24)31-15-9-7-8-14(27-3)18(15)16-10-13(26)17-19(32-12(2)25)21(28-4)23(30-6)22(29-5)20(17)33-16/h7-10H,1-6H3. The molecule has 3 rings (SSSR count). The predicted octanol–water partition coefficient (Wildman–Crippen LogP) is 3.35. The van der Waals surface area contributed by atoms with E-state index in [0.717, 1.165) is 6.07 Å². The van der Waals surface area contributed by atoms with Gasteiger partial charge in [0.25, 0.3) is 0 Å². The summed E-state index contributed by atoms with van der Waals surface area (Å²) < 4.78 is 38.2. The SMILES string of the molecule is COc1cccc(OC(C)=O)c1-c1cc(=O)c2c(OC(C)=O)c(OC)c(OC)c(OC)c2o1. The second kappa shape index (κ2) is 9.51. The van der Waals surface area contributed by atoms with Gasteiger partial charge in [0.1, 0.15) is 28.2 Å².